The molecule has 1 saturated heterocycles. The highest BCUT2D eigenvalue weighted by Gasteiger charge is 2.34. The van der Waals surface area contributed by atoms with Crippen LogP contribution in [0.5, 0.6) is 0 Å². The van der Waals surface area contributed by atoms with E-state index >= 15 is 0 Å². The standard InChI is InChI=1S/C15H21N5O2/c1-15(2,3)22-14(21)19-7-10(8-19)9-20-13-5-4-11(16)6-12(13)17-18-20/h4-6,10H,7-9,16H2,1-3H3. The quantitative estimate of drug-likeness (QED) is 0.856. The molecule has 0 spiro atoms. The highest BCUT2D eigenvalue weighted by atomic mass is 16.6. The highest BCUT2D eigenvalue weighted by Crippen LogP contribution is 2.22. The van der Waals surface area contributed by atoms with Crippen molar-refractivity contribution < 1.29 is 9.53 Å². The molecule has 0 radical (unpaired) electrons. The zero-order chi connectivity index (χ0) is 15.9. The third-order valence-electron chi connectivity index (χ3n) is 3.58. The Bertz CT molecular complexity index is 698. The third kappa shape index (κ3) is 2.98. The first-order chi connectivity index (χ1) is 10.3. The Kier molecular flexibility index (Phi) is 3.42. The summed E-state index contributed by atoms with van der Waals surface area (Å²) in [5.74, 6) is 0.370. The fraction of sp³-hybridized carbons (Fsp3) is 0.533. The van der Waals surface area contributed by atoms with Gasteiger partial charge in [-0.2, -0.15) is 0 Å². The van der Waals surface area contributed by atoms with Crippen LogP contribution in [-0.2, 0) is 11.3 Å². The number of nitrogens with zero attached hydrogens (tertiary/aromatic N) is 4. The lowest BCUT2D eigenvalue weighted by molar-refractivity contribution is -0.00371. The molecule has 0 atom stereocenters. The molecule has 2 N–H and O–H groups in total. The van der Waals surface area contributed by atoms with Crippen LogP contribution in [0.4, 0.5) is 10.5 Å². The minimum absolute atomic E-state index is 0.250. The van der Waals surface area contributed by atoms with Gasteiger partial charge in [0.05, 0.1) is 5.52 Å². The SMILES string of the molecule is CC(C)(C)OC(=O)N1CC(Cn2nnc3cc(N)ccc32)C1. The highest BCUT2D eigenvalue weighted by molar-refractivity contribution is 5.78. The number of ether oxygens (including phenoxy) is 1. The molecule has 118 valence electrons. The Morgan fingerprint density at radius 3 is 2.82 bits per heavy atom. The number of aromatic nitrogens is 3. The summed E-state index contributed by atoms with van der Waals surface area (Å²) in [6, 6.07) is 5.58. The van der Waals surface area contributed by atoms with E-state index < -0.39 is 5.60 Å². The van der Waals surface area contributed by atoms with Crippen LogP contribution in [0.3, 0.4) is 0 Å². The first-order valence-electron chi connectivity index (χ1n) is 7.38. The summed E-state index contributed by atoms with van der Waals surface area (Å²) in [4.78, 5) is 13.6. The lowest BCUT2D eigenvalue weighted by Crippen LogP contribution is -2.52. The Morgan fingerprint density at radius 1 is 1.41 bits per heavy atom. The number of carbonyl (C=O) groups excluding carboxylic acids is 1. The summed E-state index contributed by atoms with van der Waals surface area (Å²) < 4.78 is 7.21. The number of amides is 1. The number of carbonyl (C=O) groups is 1. The number of nitrogen functional groups attached to an aromatic ring is 1. The van der Waals surface area contributed by atoms with Gasteiger partial charge < -0.3 is 15.4 Å². The maximum atomic E-state index is 11.9. The van der Waals surface area contributed by atoms with E-state index in [2.05, 4.69) is 10.3 Å². The van der Waals surface area contributed by atoms with Crippen LogP contribution in [0.15, 0.2) is 18.2 Å². The average molecular weight is 303 g/mol. The molecular formula is C15H21N5O2. The van der Waals surface area contributed by atoms with Gasteiger partial charge in [0.15, 0.2) is 0 Å². The zero-order valence-corrected chi connectivity index (χ0v) is 13.1. The van der Waals surface area contributed by atoms with Crippen molar-refractivity contribution in [2.45, 2.75) is 32.9 Å². The Labute approximate surface area is 129 Å². The number of rotatable bonds is 2. The minimum Gasteiger partial charge on any atom is -0.444 e. The van der Waals surface area contributed by atoms with Crippen LogP contribution in [0, 0.1) is 5.92 Å². The van der Waals surface area contributed by atoms with Gasteiger partial charge in [0.25, 0.3) is 0 Å². The van der Waals surface area contributed by atoms with E-state index in [1.165, 1.54) is 0 Å². The molecule has 1 aliphatic heterocycles. The summed E-state index contributed by atoms with van der Waals surface area (Å²) in [6.45, 7) is 7.72. The fourth-order valence-corrected chi connectivity index (χ4v) is 2.53. The third-order valence-corrected chi connectivity index (χ3v) is 3.58. The molecule has 2 heterocycles. The van der Waals surface area contributed by atoms with E-state index in [1.807, 2.05) is 43.7 Å². The normalized spacial score (nSPS) is 15.9. The van der Waals surface area contributed by atoms with Gasteiger partial charge in [-0.15, -0.1) is 5.10 Å². The lowest BCUT2D eigenvalue weighted by Gasteiger charge is -2.39. The molecule has 0 aliphatic carbocycles. The van der Waals surface area contributed by atoms with Crippen LogP contribution < -0.4 is 5.73 Å². The molecule has 0 saturated carbocycles. The van der Waals surface area contributed by atoms with Crippen LogP contribution in [0.2, 0.25) is 0 Å². The van der Waals surface area contributed by atoms with E-state index in [0.717, 1.165) is 17.6 Å². The molecule has 0 unspecified atom stereocenters. The topological polar surface area (TPSA) is 86.3 Å². The van der Waals surface area contributed by atoms with Gasteiger partial charge in [-0.25, -0.2) is 9.48 Å². The molecule has 3 rings (SSSR count). The van der Waals surface area contributed by atoms with Gasteiger partial charge in [0, 0.05) is 31.2 Å². The Balaban J connectivity index is 1.59. The van der Waals surface area contributed by atoms with Gasteiger partial charge in [0.1, 0.15) is 11.1 Å². The van der Waals surface area contributed by atoms with Crippen LogP contribution in [-0.4, -0.2) is 44.7 Å². The maximum absolute atomic E-state index is 11.9. The largest absolute Gasteiger partial charge is 0.444 e. The molecule has 7 heteroatoms. The van der Waals surface area contributed by atoms with Crippen LogP contribution >= 0.6 is 0 Å². The van der Waals surface area contributed by atoms with Gasteiger partial charge in [-0.05, 0) is 39.0 Å². The number of likely N-dealkylation sites (tertiary alicyclic amines) is 1. The number of hydrogen-bond acceptors (Lipinski definition) is 5. The van der Waals surface area contributed by atoms with Crippen molar-refractivity contribution in [3.63, 3.8) is 0 Å². The smallest absolute Gasteiger partial charge is 0.410 e. The van der Waals surface area contributed by atoms with E-state index in [4.69, 9.17) is 10.5 Å². The van der Waals surface area contributed by atoms with Crippen molar-refractivity contribution in [1.29, 1.82) is 0 Å². The summed E-state index contributed by atoms with van der Waals surface area (Å²) in [5.41, 5.74) is 7.72. The number of benzene rings is 1. The molecule has 1 fully saturated rings. The molecular weight excluding hydrogens is 282 g/mol. The molecule has 2 aromatic rings. The van der Waals surface area contributed by atoms with Crippen LogP contribution in [0.25, 0.3) is 11.0 Å². The second-order valence-corrected chi connectivity index (χ2v) is 6.77. The maximum Gasteiger partial charge on any atom is 0.410 e. The monoisotopic (exact) mass is 303 g/mol. The molecule has 0 bridgehead atoms. The lowest BCUT2D eigenvalue weighted by atomic mass is 10.0. The molecule has 1 aromatic heterocycles. The van der Waals surface area contributed by atoms with Crippen molar-refractivity contribution in [3.8, 4) is 0 Å². The molecule has 1 aliphatic rings. The minimum atomic E-state index is -0.454. The van der Waals surface area contributed by atoms with E-state index in [0.29, 0.717) is 24.7 Å². The van der Waals surface area contributed by atoms with Crippen molar-refractivity contribution in [2.24, 2.45) is 5.92 Å². The Morgan fingerprint density at radius 2 is 2.14 bits per heavy atom. The molecule has 7 nitrogen and oxygen atoms in total. The van der Waals surface area contributed by atoms with Gasteiger partial charge >= 0.3 is 6.09 Å². The second-order valence-electron chi connectivity index (χ2n) is 6.77. The van der Waals surface area contributed by atoms with Gasteiger partial charge in [0.2, 0.25) is 0 Å². The van der Waals surface area contributed by atoms with E-state index in [-0.39, 0.29) is 6.09 Å². The summed E-state index contributed by atoms with van der Waals surface area (Å²) in [5, 5.41) is 8.29. The molecule has 1 amide bonds. The molecule has 22 heavy (non-hydrogen) atoms. The van der Waals surface area contributed by atoms with Crippen molar-refractivity contribution >= 4 is 22.8 Å². The average Bonchev–Trinajstić information content (AvgIpc) is 2.73. The summed E-state index contributed by atoms with van der Waals surface area (Å²) >= 11 is 0. The number of fused-ring (bicyclic) bond motifs is 1. The second kappa shape index (κ2) is 5.15. The molecule has 1 aromatic carbocycles. The van der Waals surface area contributed by atoms with E-state index in [9.17, 15) is 4.79 Å². The van der Waals surface area contributed by atoms with Crippen LogP contribution in [0.1, 0.15) is 20.8 Å². The van der Waals surface area contributed by atoms with Crippen molar-refractivity contribution in [3.05, 3.63) is 18.2 Å². The van der Waals surface area contributed by atoms with Crippen molar-refractivity contribution in [2.75, 3.05) is 18.8 Å². The summed E-state index contributed by atoms with van der Waals surface area (Å²) in [7, 11) is 0. The summed E-state index contributed by atoms with van der Waals surface area (Å²) in [6.07, 6.45) is -0.250. The first kappa shape index (κ1) is 14.6. The number of hydrogen-bond donors (Lipinski definition) is 1. The van der Waals surface area contributed by atoms with Gasteiger partial charge in [-0.3, -0.25) is 0 Å². The number of nitrogens with two attached hydrogens (primary N) is 1. The fourth-order valence-electron chi connectivity index (χ4n) is 2.53. The van der Waals surface area contributed by atoms with Gasteiger partial charge in [-0.1, -0.05) is 5.21 Å². The van der Waals surface area contributed by atoms with Crippen molar-refractivity contribution in [1.82, 2.24) is 19.9 Å². The zero-order valence-electron chi connectivity index (χ0n) is 13.1. The van der Waals surface area contributed by atoms with E-state index in [1.54, 1.807) is 4.90 Å². The first-order valence-corrected chi connectivity index (χ1v) is 7.38. The number of anilines is 1. The predicted molar refractivity (Wildman–Crippen MR) is 83.2 cm³/mol. The predicted octanol–water partition coefficient (Wildman–Crippen LogP) is 1.88. The Hall–Kier alpha value is -2.31.